The van der Waals surface area contributed by atoms with Crippen LogP contribution < -0.4 is 15.4 Å². The van der Waals surface area contributed by atoms with Crippen LogP contribution in [0.1, 0.15) is 33.6 Å². The van der Waals surface area contributed by atoms with Gasteiger partial charge in [0.25, 0.3) is 0 Å². The Balaban J connectivity index is 1.36. The molecule has 1 aliphatic rings. The molecule has 1 aliphatic heterocycles. The van der Waals surface area contributed by atoms with Gasteiger partial charge in [-0.2, -0.15) is 0 Å². The number of amides is 2. The highest BCUT2D eigenvalue weighted by atomic mass is 16.5. The highest BCUT2D eigenvalue weighted by Gasteiger charge is 2.27. The molecular weight excluding hydrogens is 418 g/mol. The maximum absolute atomic E-state index is 12.8. The van der Waals surface area contributed by atoms with Crippen molar-refractivity contribution in [3.8, 4) is 5.75 Å². The molecule has 1 saturated heterocycles. The molecule has 0 spiro atoms. The summed E-state index contributed by atoms with van der Waals surface area (Å²) in [6, 6.07) is 11.7. The van der Waals surface area contributed by atoms with E-state index in [9.17, 15) is 9.59 Å². The number of anilines is 1. The number of nitrogens with one attached hydrogen (secondary N) is 2. The van der Waals surface area contributed by atoms with Crippen LogP contribution in [0.5, 0.6) is 5.75 Å². The molecule has 4 rings (SSSR count). The molecule has 1 unspecified atom stereocenters. The molecular formula is C26H33N3O4. The largest absolute Gasteiger partial charge is 0.495 e. The number of hydrogen-bond donors (Lipinski definition) is 2. The average molecular weight is 452 g/mol. The first kappa shape index (κ1) is 23.1. The smallest absolute Gasteiger partial charge is 0.238 e. The van der Waals surface area contributed by atoms with Crippen molar-refractivity contribution in [3.63, 3.8) is 0 Å². The number of methoxy groups -OCH3 is 1. The van der Waals surface area contributed by atoms with E-state index in [0.717, 1.165) is 42.3 Å². The van der Waals surface area contributed by atoms with Crippen LogP contribution in [0.4, 0.5) is 5.69 Å². The zero-order valence-corrected chi connectivity index (χ0v) is 19.8. The molecule has 176 valence electrons. The first-order valence-corrected chi connectivity index (χ1v) is 11.7. The standard InChI is InChI=1S/C26H33N3O4/c1-16(2)17(3)27-26(31)18-9-11-29(12-10-18)15-25(30)28-21-14-23-20(13-24(21)32-4)19-7-5-6-8-22(19)33-23/h5-8,13-14,16-18H,9-12,15H2,1-4H3,(H,27,31)(H,28,30). The second kappa shape index (κ2) is 9.83. The summed E-state index contributed by atoms with van der Waals surface area (Å²) in [5.41, 5.74) is 2.09. The number of hydrogen-bond acceptors (Lipinski definition) is 5. The fourth-order valence-corrected chi connectivity index (χ4v) is 4.27. The minimum atomic E-state index is -0.111. The van der Waals surface area contributed by atoms with E-state index in [0.29, 0.717) is 22.9 Å². The average Bonchev–Trinajstić information content (AvgIpc) is 3.16. The number of nitrogens with zero attached hydrogens (tertiary/aromatic N) is 1. The Bertz CT molecular complexity index is 1150. The van der Waals surface area contributed by atoms with Crippen molar-refractivity contribution in [2.24, 2.45) is 11.8 Å². The first-order valence-electron chi connectivity index (χ1n) is 11.7. The highest BCUT2D eigenvalue weighted by Crippen LogP contribution is 2.36. The third kappa shape index (κ3) is 5.14. The van der Waals surface area contributed by atoms with Crippen molar-refractivity contribution in [2.75, 3.05) is 32.1 Å². The third-order valence-corrected chi connectivity index (χ3v) is 6.67. The van der Waals surface area contributed by atoms with E-state index in [2.05, 4.69) is 29.4 Å². The monoisotopic (exact) mass is 451 g/mol. The van der Waals surface area contributed by atoms with E-state index < -0.39 is 0 Å². The number of para-hydroxylation sites is 1. The molecule has 7 nitrogen and oxygen atoms in total. The fourth-order valence-electron chi connectivity index (χ4n) is 4.27. The summed E-state index contributed by atoms with van der Waals surface area (Å²) in [5, 5.41) is 8.05. The van der Waals surface area contributed by atoms with Crippen molar-refractivity contribution in [2.45, 2.75) is 39.7 Å². The zero-order valence-electron chi connectivity index (χ0n) is 19.8. The van der Waals surface area contributed by atoms with Crippen LogP contribution >= 0.6 is 0 Å². The van der Waals surface area contributed by atoms with E-state index >= 15 is 0 Å². The Morgan fingerprint density at radius 1 is 1.09 bits per heavy atom. The van der Waals surface area contributed by atoms with Gasteiger partial charge in [0.05, 0.1) is 19.3 Å². The van der Waals surface area contributed by atoms with Gasteiger partial charge in [0.15, 0.2) is 0 Å². The van der Waals surface area contributed by atoms with Gasteiger partial charge in [-0.05, 0) is 50.9 Å². The summed E-state index contributed by atoms with van der Waals surface area (Å²) in [7, 11) is 1.59. The Kier molecular flexibility index (Phi) is 6.88. The Labute approximate surface area is 194 Å². The quantitative estimate of drug-likeness (QED) is 0.556. The number of benzene rings is 2. The van der Waals surface area contributed by atoms with E-state index in [4.69, 9.17) is 9.15 Å². The number of furan rings is 1. The van der Waals surface area contributed by atoms with Gasteiger partial charge in [-0.3, -0.25) is 14.5 Å². The van der Waals surface area contributed by atoms with Crippen molar-refractivity contribution in [1.82, 2.24) is 10.2 Å². The fraction of sp³-hybridized carbons (Fsp3) is 0.462. The van der Waals surface area contributed by atoms with Crippen molar-refractivity contribution in [1.29, 1.82) is 0 Å². The van der Waals surface area contributed by atoms with Gasteiger partial charge < -0.3 is 19.8 Å². The predicted molar refractivity (Wildman–Crippen MR) is 131 cm³/mol. The third-order valence-electron chi connectivity index (χ3n) is 6.67. The van der Waals surface area contributed by atoms with Crippen LogP contribution in [0.25, 0.3) is 21.9 Å². The maximum Gasteiger partial charge on any atom is 0.238 e. The molecule has 1 aromatic heterocycles. The second-order valence-corrected chi connectivity index (χ2v) is 9.29. The molecule has 0 aliphatic carbocycles. The van der Waals surface area contributed by atoms with Crippen LogP contribution in [-0.4, -0.2) is 49.5 Å². The first-order chi connectivity index (χ1) is 15.9. The van der Waals surface area contributed by atoms with Crippen LogP contribution in [0.15, 0.2) is 40.8 Å². The number of carbonyl (C=O) groups is 2. The van der Waals surface area contributed by atoms with Gasteiger partial charge in [-0.15, -0.1) is 0 Å². The van der Waals surface area contributed by atoms with Gasteiger partial charge in [0, 0.05) is 28.8 Å². The van der Waals surface area contributed by atoms with Crippen LogP contribution in [0.2, 0.25) is 0 Å². The summed E-state index contributed by atoms with van der Waals surface area (Å²) in [6.07, 6.45) is 1.52. The van der Waals surface area contributed by atoms with Crippen molar-refractivity contribution in [3.05, 3.63) is 36.4 Å². The molecule has 0 bridgehead atoms. The molecule has 2 heterocycles. The number of piperidine rings is 1. The van der Waals surface area contributed by atoms with Gasteiger partial charge in [-0.25, -0.2) is 0 Å². The summed E-state index contributed by atoms with van der Waals surface area (Å²) in [5.74, 6) is 1.04. The lowest BCUT2D eigenvalue weighted by molar-refractivity contribution is -0.127. The number of rotatable bonds is 7. The second-order valence-electron chi connectivity index (χ2n) is 9.29. The number of fused-ring (bicyclic) bond motifs is 3. The lowest BCUT2D eigenvalue weighted by Gasteiger charge is -2.31. The van der Waals surface area contributed by atoms with Gasteiger partial charge in [0.1, 0.15) is 16.9 Å². The highest BCUT2D eigenvalue weighted by molar-refractivity contribution is 6.07. The lowest BCUT2D eigenvalue weighted by atomic mass is 9.95. The minimum absolute atomic E-state index is 0.0149. The van der Waals surface area contributed by atoms with E-state index in [1.165, 1.54) is 0 Å². The summed E-state index contributed by atoms with van der Waals surface area (Å²) in [4.78, 5) is 27.4. The van der Waals surface area contributed by atoms with E-state index in [-0.39, 0.29) is 30.3 Å². The molecule has 1 atom stereocenters. The van der Waals surface area contributed by atoms with Crippen LogP contribution in [-0.2, 0) is 9.59 Å². The van der Waals surface area contributed by atoms with E-state index in [1.54, 1.807) is 7.11 Å². The molecule has 0 saturated carbocycles. The molecule has 0 radical (unpaired) electrons. The summed E-state index contributed by atoms with van der Waals surface area (Å²) in [6.45, 7) is 7.97. The molecule has 33 heavy (non-hydrogen) atoms. The molecule has 3 aromatic rings. The zero-order chi connectivity index (χ0) is 23.5. The lowest BCUT2D eigenvalue weighted by Crippen LogP contribution is -2.45. The predicted octanol–water partition coefficient (Wildman–Crippen LogP) is 4.41. The SMILES string of the molecule is COc1cc2c(cc1NC(=O)CN1CCC(C(=O)NC(C)C(C)C)CC1)oc1ccccc12. The van der Waals surface area contributed by atoms with Crippen molar-refractivity contribution >= 4 is 39.4 Å². The molecule has 2 aromatic carbocycles. The Hall–Kier alpha value is -3.06. The maximum atomic E-state index is 12.8. The van der Waals surface area contributed by atoms with Gasteiger partial charge >= 0.3 is 0 Å². The number of ether oxygens (including phenoxy) is 1. The topological polar surface area (TPSA) is 83.8 Å². The van der Waals surface area contributed by atoms with Crippen LogP contribution in [0, 0.1) is 11.8 Å². The van der Waals surface area contributed by atoms with Gasteiger partial charge in [-0.1, -0.05) is 32.0 Å². The Morgan fingerprint density at radius 3 is 2.52 bits per heavy atom. The summed E-state index contributed by atoms with van der Waals surface area (Å²) < 4.78 is 11.5. The molecule has 1 fully saturated rings. The molecule has 2 amide bonds. The molecule has 7 heteroatoms. The van der Waals surface area contributed by atoms with E-state index in [1.807, 2.05) is 43.3 Å². The number of likely N-dealkylation sites (tertiary alicyclic amines) is 1. The van der Waals surface area contributed by atoms with Gasteiger partial charge in [0.2, 0.25) is 11.8 Å². The van der Waals surface area contributed by atoms with Crippen molar-refractivity contribution < 1.29 is 18.7 Å². The van der Waals surface area contributed by atoms with Crippen LogP contribution in [0.3, 0.4) is 0 Å². The Morgan fingerprint density at radius 2 is 1.82 bits per heavy atom. The normalized spacial score (nSPS) is 16.3. The minimum Gasteiger partial charge on any atom is -0.495 e. The number of carbonyl (C=O) groups excluding carboxylic acids is 2. The molecule has 2 N–H and O–H groups in total. The summed E-state index contributed by atoms with van der Waals surface area (Å²) >= 11 is 0.